The molecule has 0 bridgehead atoms. The van der Waals surface area contributed by atoms with E-state index in [9.17, 15) is 4.79 Å². The molecule has 0 aromatic heterocycles. The summed E-state index contributed by atoms with van der Waals surface area (Å²) in [6, 6.07) is 11.0. The Morgan fingerprint density at radius 3 is 2.55 bits per heavy atom. The first kappa shape index (κ1) is 20.7. The van der Waals surface area contributed by atoms with Crippen LogP contribution < -0.4 is 25.4 Å². The Morgan fingerprint density at radius 2 is 1.86 bits per heavy atom. The van der Waals surface area contributed by atoms with Crippen LogP contribution in [-0.4, -0.2) is 25.2 Å². The zero-order valence-electron chi connectivity index (χ0n) is 17.2. The van der Waals surface area contributed by atoms with Gasteiger partial charge in [-0.15, -0.1) is 0 Å². The lowest BCUT2D eigenvalue weighted by molar-refractivity contribution is -0.113. The SMILES string of the molecule is COc1ccc(NC(=O)C2=C(C)NC(=S)NC2c2cccc(C)c2C)c(OC)c1. The monoisotopic (exact) mass is 411 g/mol. The first-order valence-corrected chi connectivity index (χ1v) is 9.64. The lowest BCUT2D eigenvalue weighted by atomic mass is 9.90. The molecule has 7 heteroatoms. The lowest BCUT2D eigenvalue weighted by Crippen LogP contribution is -2.46. The van der Waals surface area contributed by atoms with E-state index in [1.807, 2.05) is 19.1 Å². The third-order valence-corrected chi connectivity index (χ3v) is 5.35. The number of thiocarbonyl (C=S) groups is 1. The molecule has 3 rings (SSSR count). The van der Waals surface area contributed by atoms with Gasteiger partial charge in [0.25, 0.3) is 5.91 Å². The van der Waals surface area contributed by atoms with Crippen molar-refractivity contribution >= 4 is 28.9 Å². The number of nitrogens with one attached hydrogen (secondary N) is 3. The molecule has 1 aliphatic heterocycles. The third kappa shape index (κ3) is 4.19. The lowest BCUT2D eigenvalue weighted by Gasteiger charge is -2.31. The predicted molar refractivity (Wildman–Crippen MR) is 118 cm³/mol. The Bertz CT molecular complexity index is 1000. The summed E-state index contributed by atoms with van der Waals surface area (Å²) in [4.78, 5) is 13.3. The summed E-state index contributed by atoms with van der Waals surface area (Å²) in [6.45, 7) is 5.96. The van der Waals surface area contributed by atoms with E-state index in [0.717, 1.165) is 16.7 Å². The number of carbonyl (C=O) groups is 1. The third-order valence-electron chi connectivity index (χ3n) is 5.13. The maximum Gasteiger partial charge on any atom is 0.255 e. The number of hydrogen-bond donors (Lipinski definition) is 3. The van der Waals surface area contributed by atoms with E-state index in [2.05, 4.69) is 35.9 Å². The fraction of sp³-hybridized carbons (Fsp3) is 0.273. The van der Waals surface area contributed by atoms with Crippen LogP contribution in [0.2, 0.25) is 0 Å². The fourth-order valence-electron chi connectivity index (χ4n) is 3.41. The van der Waals surface area contributed by atoms with Crippen molar-refractivity contribution in [2.45, 2.75) is 26.8 Å². The van der Waals surface area contributed by atoms with Gasteiger partial charge in [0.2, 0.25) is 0 Å². The van der Waals surface area contributed by atoms with Crippen LogP contribution in [0.4, 0.5) is 5.69 Å². The van der Waals surface area contributed by atoms with Crippen LogP contribution >= 0.6 is 12.2 Å². The molecule has 2 aromatic carbocycles. The van der Waals surface area contributed by atoms with E-state index in [-0.39, 0.29) is 11.9 Å². The summed E-state index contributed by atoms with van der Waals surface area (Å²) in [6.07, 6.45) is 0. The van der Waals surface area contributed by atoms with Gasteiger partial charge in [0.15, 0.2) is 5.11 Å². The topological polar surface area (TPSA) is 71.6 Å². The van der Waals surface area contributed by atoms with Crippen LogP contribution in [0, 0.1) is 13.8 Å². The van der Waals surface area contributed by atoms with Crippen LogP contribution in [0.25, 0.3) is 0 Å². The summed E-state index contributed by atoms with van der Waals surface area (Å²) in [5.74, 6) is 0.931. The first-order valence-electron chi connectivity index (χ1n) is 9.23. The molecule has 6 nitrogen and oxygen atoms in total. The van der Waals surface area contributed by atoms with E-state index < -0.39 is 0 Å². The maximum absolute atomic E-state index is 13.3. The maximum atomic E-state index is 13.3. The highest BCUT2D eigenvalue weighted by molar-refractivity contribution is 7.80. The molecule has 0 saturated heterocycles. The molecule has 1 atom stereocenters. The van der Waals surface area contributed by atoms with E-state index >= 15 is 0 Å². The number of ether oxygens (including phenoxy) is 2. The molecule has 1 heterocycles. The van der Waals surface area contributed by atoms with Crippen molar-refractivity contribution in [3.8, 4) is 11.5 Å². The normalized spacial score (nSPS) is 16.0. The van der Waals surface area contributed by atoms with Crippen molar-refractivity contribution in [3.63, 3.8) is 0 Å². The number of allylic oxidation sites excluding steroid dienone is 1. The van der Waals surface area contributed by atoms with Gasteiger partial charge in [-0.3, -0.25) is 4.79 Å². The summed E-state index contributed by atoms with van der Waals surface area (Å²) >= 11 is 5.35. The molecule has 1 unspecified atom stereocenters. The molecular formula is C22H25N3O3S. The van der Waals surface area contributed by atoms with Gasteiger partial charge < -0.3 is 25.4 Å². The average molecular weight is 412 g/mol. The van der Waals surface area contributed by atoms with Gasteiger partial charge >= 0.3 is 0 Å². The van der Waals surface area contributed by atoms with Crippen LogP contribution in [0.1, 0.15) is 29.7 Å². The van der Waals surface area contributed by atoms with Crippen LogP contribution in [0.3, 0.4) is 0 Å². The Morgan fingerprint density at radius 1 is 1.10 bits per heavy atom. The number of methoxy groups -OCH3 is 2. The molecule has 2 aromatic rings. The summed E-state index contributed by atoms with van der Waals surface area (Å²) < 4.78 is 10.6. The number of hydrogen-bond acceptors (Lipinski definition) is 4. The van der Waals surface area contributed by atoms with Gasteiger partial charge in [0, 0.05) is 11.8 Å². The van der Waals surface area contributed by atoms with Gasteiger partial charge in [0.1, 0.15) is 11.5 Å². The smallest absolute Gasteiger partial charge is 0.255 e. The standard InChI is InChI=1S/C22H25N3O3S/c1-12-7-6-8-16(13(12)2)20-19(14(3)23-22(29)25-20)21(26)24-17-10-9-15(27-4)11-18(17)28-5/h6-11,20H,1-5H3,(H,24,26)(H2,23,25,29). The van der Waals surface area contributed by atoms with Crippen LogP contribution in [-0.2, 0) is 4.79 Å². The molecule has 3 N–H and O–H groups in total. The van der Waals surface area contributed by atoms with Gasteiger partial charge in [-0.2, -0.15) is 0 Å². The Hall–Kier alpha value is -3.06. The average Bonchev–Trinajstić information content (AvgIpc) is 2.69. The molecule has 0 spiro atoms. The molecule has 1 aliphatic rings. The molecule has 152 valence electrons. The number of rotatable bonds is 5. The predicted octanol–water partition coefficient (Wildman–Crippen LogP) is 3.75. The zero-order chi connectivity index (χ0) is 21.1. The molecule has 0 radical (unpaired) electrons. The van der Waals surface area contributed by atoms with Crippen molar-refractivity contribution in [2.75, 3.05) is 19.5 Å². The first-order chi connectivity index (χ1) is 13.8. The fourth-order valence-corrected chi connectivity index (χ4v) is 3.68. The van der Waals surface area contributed by atoms with Gasteiger partial charge in [0.05, 0.1) is 31.5 Å². The molecule has 0 saturated carbocycles. The van der Waals surface area contributed by atoms with Crippen molar-refractivity contribution in [2.24, 2.45) is 0 Å². The van der Waals surface area contributed by atoms with Crippen molar-refractivity contribution in [1.82, 2.24) is 10.6 Å². The Kier molecular flexibility index (Phi) is 6.08. The minimum absolute atomic E-state index is 0.237. The minimum Gasteiger partial charge on any atom is -0.497 e. The van der Waals surface area contributed by atoms with Crippen molar-refractivity contribution in [3.05, 3.63) is 64.4 Å². The van der Waals surface area contributed by atoms with Gasteiger partial charge in [-0.05, 0) is 61.8 Å². The van der Waals surface area contributed by atoms with Crippen LogP contribution in [0.5, 0.6) is 11.5 Å². The summed E-state index contributed by atoms with van der Waals surface area (Å²) in [5, 5.41) is 9.76. The quantitative estimate of drug-likeness (QED) is 0.651. The molecule has 0 aliphatic carbocycles. The second-order valence-electron chi connectivity index (χ2n) is 6.88. The van der Waals surface area contributed by atoms with Gasteiger partial charge in [-0.25, -0.2) is 0 Å². The number of anilines is 1. The second-order valence-corrected chi connectivity index (χ2v) is 7.29. The number of benzene rings is 2. The Balaban J connectivity index is 2.00. The zero-order valence-corrected chi connectivity index (χ0v) is 18.0. The highest BCUT2D eigenvalue weighted by Gasteiger charge is 2.31. The van der Waals surface area contributed by atoms with E-state index in [1.54, 1.807) is 32.4 Å². The van der Waals surface area contributed by atoms with E-state index in [0.29, 0.717) is 33.6 Å². The van der Waals surface area contributed by atoms with Crippen LogP contribution in [0.15, 0.2) is 47.7 Å². The van der Waals surface area contributed by atoms with Gasteiger partial charge in [-0.1, -0.05) is 18.2 Å². The molecule has 0 fully saturated rings. The highest BCUT2D eigenvalue weighted by Crippen LogP contribution is 2.33. The number of aryl methyl sites for hydroxylation is 1. The van der Waals surface area contributed by atoms with Crippen molar-refractivity contribution < 1.29 is 14.3 Å². The highest BCUT2D eigenvalue weighted by atomic mass is 32.1. The number of carbonyl (C=O) groups excluding carboxylic acids is 1. The van der Waals surface area contributed by atoms with E-state index in [1.165, 1.54) is 0 Å². The Labute approximate surface area is 176 Å². The largest absolute Gasteiger partial charge is 0.497 e. The second kappa shape index (κ2) is 8.53. The molecule has 29 heavy (non-hydrogen) atoms. The van der Waals surface area contributed by atoms with Crippen molar-refractivity contribution in [1.29, 1.82) is 0 Å². The molecular weight excluding hydrogens is 386 g/mol. The number of amides is 1. The summed E-state index contributed by atoms with van der Waals surface area (Å²) in [5.41, 5.74) is 5.14. The minimum atomic E-state index is -0.354. The van der Waals surface area contributed by atoms with E-state index in [4.69, 9.17) is 21.7 Å². The summed E-state index contributed by atoms with van der Waals surface area (Å²) in [7, 11) is 3.13. The molecule has 1 amide bonds.